The van der Waals surface area contributed by atoms with Crippen LogP contribution in [0.1, 0.15) is 17.7 Å². The van der Waals surface area contributed by atoms with Gasteiger partial charge in [0.2, 0.25) is 5.95 Å². The van der Waals surface area contributed by atoms with E-state index in [1.807, 2.05) is 0 Å². The van der Waals surface area contributed by atoms with Crippen molar-refractivity contribution in [2.75, 3.05) is 0 Å². The van der Waals surface area contributed by atoms with E-state index in [1.165, 1.54) is 0 Å². The number of hydrogen-bond donors (Lipinski definition) is 1. The van der Waals surface area contributed by atoms with E-state index in [0.717, 1.165) is 6.07 Å². The van der Waals surface area contributed by atoms with Gasteiger partial charge in [0.15, 0.2) is 5.82 Å². The maximum Gasteiger partial charge on any atom is 0.280 e. The van der Waals surface area contributed by atoms with Gasteiger partial charge in [0.25, 0.3) is 6.43 Å². The van der Waals surface area contributed by atoms with Gasteiger partial charge in [-0.1, -0.05) is 0 Å². The zero-order valence-corrected chi connectivity index (χ0v) is 6.40. The van der Waals surface area contributed by atoms with Crippen molar-refractivity contribution in [2.24, 2.45) is 5.73 Å². The Balaban J connectivity index is 3.22. The molecular weight excluding hydrogens is 188 g/mol. The Bertz CT molecular complexity index is 314. The second kappa shape index (κ2) is 3.69. The minimum atomic E-state index is -2.93. The van der Waals surface area contributed by atoms with Crippen LogP contribution >= 0.6 is 0 Å². The van der Waals surface area contributed by atoms with E-state index < -0.39 is 23.9 Å². The monoisotopic (exact) mass is 194 g/mol. The number of hydrogen-bond acceptors (Lipinski definition) is 2. The first-order valence-electron chi connectivity index (χ1n) is 3.39. The minimum Gasteiger partial charge on any atom is -0.326 e. The fraction of sp³-hybridized carbons (Fsp3) is 0.286. The lowest BCUT2D eigenvalue weighted by atomic mass is 10.2. The summed E-state index contributed by atoms with van der Waals surface area (Å²) in [4.78, 5) is 2.73. The lowest BCUT2D eigenvalue weighted by Gasteiger charge is -2.03. The van der Waals surface area contributed by atoms with Crippen molar-refractivity contribution in [2.45, 2.75) is 13.0 Å². The molecule has 0 aliphatic carbocycles. The first kappa shape index (κ1) is 9.91. The van der Waals surface area contributed by atoms with Crippen LogP contribution in [0.2, 0.25) is 0 Å². The van der Waals surface area contributed by atoms with Gasteiger partial charge in [0.05, 0.1) is 0 Å². The summed E-state index contributed by atoms with van der Waals surface area (Å²) in [7, 11) is 0. The molecule has 0 bridgehead atoms. The van der Waals surface area contributed by atoms with E-state index in [4.69, 9.17) is 5.73 Å². The lowest BCUT2D eigenvalue weighted by Crippen LogP contribution is -2.06. The van der Waals surface area contributed by atoms with Gasteiger partial charge >= 0.3 is 0 Å². The van der Waals surface area contributed by atoms with E-state index in [2.05, 4.69) is 4.98 Å². The zero-order chi connectivity index (χ0) is 10.0. The number of nitrogens with two attached hydrogens (primary N) is 1. The molecule has 1 rings (SSSR count). The lowest BCUT2D eigenvalue weighted by molar-refractivity contribution is 0.144. The van der Waals surface area contributed by atoms with E-state index in [-0.39, 0.29) is 12.1 Å². The molecule has 0 aliphatic rings. The van der Waals surface area contributed by atoms with Crippen LogP contribution < -0.4 is 5.73 Å². The number of aromatic nitrogens is 1. The van der Waals surface area contributed by atoms with Crippen molar-refractivity contribution < 1.29 is 17.6 Å². The maximum atomic E-state index is 12.7. The van der Waals surface area contributed by atoms with Crippen molar-refractivity contribution in [1.29, 1.82) is 0 Å². The predicted octanol–water partition coefficient (Wildman–Crippen LogP) is 1.76. The Morgan fingerprint density at radius 3 is 2.46 bits per heavy atom. The fourth-order valence-electron chi connectivity index (χ4n) is 0.829. The first-order valence-corrected chi connectivity index (χ1v) is 3.39. The van der Waals surface area contributed by atoms with Crippen molar-refractivity contribution >= 4 is 0 Å². The molecular formula is C7H6F4N2. The smallest absolute Gasteiger partial charge is 0.280 e. The van der Waals surface area contributed by atoms with Crippen LogP contribution in [0.5, 0.6) is 0 Å². The summed E-state index contributed by atoms with van der Waals surface area (Å²) in [5, 5.41) is 0. The molecule has 0 amide bonds. The number of halogens is 4. The maximum absolute atomic E-state index is 12.7. The molecule has 1 heterocycles. The highest BCUT2D eigenvalue weighted by Crippen LogP contribution is 2.20. The average Bonchev–Trinajstić information content (AvgIpc) is 2.09. The van der Waals surface area contributed by atoms with Crippen LogP contribution in [0.3, 0.4) is 0 Å². The molecule has 72 valence electrons. The normalized spacial score (nSPS) is 10.9. The van der Waals surface area contributed by atoms with E-state index >= 15 is 0 Å². The summed E-state index contributed by atoms with van der Waals surface area (Å²) in [5.74, 6) is -2.81. The second-order valence-corrected chi connectivity index (χ2v) is 2.32. The number of pyridine rings is 1. The second-order valence-electron chi connectivity index (χ2n) is 2.32. The topological polar surface area (TPSA) is 38.9 Å². The van der Waals surface area contributed by atoms with E-state index in [1.54, 1.807) is 0 Å². The molecule has 13 heavy (non-hydrogen) atoms. The molecule has 1 aromatic heterocycles. The number of nitrogens with zero attached hydrogens (tertiary/aromatic N) is 1. The highest BCUT2D eigenvalue weighted by Gasteiger charge is 2.16. The van der Waals surface area contributed by atoms with Crippen LogP contribution in [0.4, 0.5) is 17.6 Å². The first-order chi connectivity index (χ1) is 6.06. The van der Waals surface area contributed by atoms with Crippen molar-refractivity contribution in [1.82, 2.24) is 4.98 Å². The molecule has 0 unspecified atom stereocenters. The SMILES string of the molecule is NCc1cc(C(F)F)nc(F)c1F. The Morgan fingerprint density at radius 1 is 1.38 bits per heavy atom. The summed E-state index contributed by atoms with van der Waals surface area (Å²) in [6.07, 6.45) is -2.93. The summed E-state index contributed by atoms with van der Waals surface area (Å²) >= 11 is 0. The third-order valence-corrected chi connectivity index (χ3v) is 1.46. The van der Waals surface area contributed by atoms with Gasteiger partial charge in [-0.05, 0) is 6.07 Å². The van der Waals surface area contributed by atoms with Gasteiger partial charge < -0.3 is 5.73 Å². The quantitative estimate of drug-likeness (QED) is 0.575. The molecule has 0 aromatic carbocycles. The molecule has 2 N–H and O–H groups in total. The van der Waals surface area contributed by atoms with E-state index in [0.29, 0.717) is 0 Å². The molecule has 0 saturated heterocycles. The summed E-state index contributed by atoms with van der Waals surface area (Å²) in [5.41, 5.74) is 3.90. The summed E-state index contributed by atoms with van der Waals surface area (Å²) < 4.78 is 49.2. The third kappa shape index (κ3) is 1.95. The molecule has 0 radical (unpaired) electrons. The Kier molecular flexibility index (Phi) is 2.82. The average molecular weight is 194 g/mol. The highest BCUT2D eigenvalue weighted by atomic mass is 19.3. The molecule has 1 aromatic rings. The number of alkyl halides is 2. The molecule has 0 aliphatic heterocycles. The predicted molar refractivity (Wildman–Crippen MR) is 37.0 cm³/mol. The van der Waals surface area contributed by atoms with Gasteiger partial charge in [-0.2, -0.15) is 4.39 Å². The molecule has 0 saturated carbocycles. The Morgan fingerprint density at radius 2 is 2.00 bits per heavy atom. The highest BCUT2D eigenvalue weighted by molar-refractivity contribution is 5.19. The molecule has 0 spiro atoms. The summed E-state index contributed by atoms with van der Waals surface area (Å²) in [6, 6.07) is 0.753. The van der Waals surface area contributed by atoms with E-state index in [9.17, 15) is 17.6 Å². The van der Waals surface area contributed by atoms with Crippen molar-refractivity contribution in [3.63, 3.8) is 0 Å². The Labute approximate surface area is 71.4 Å². The van der Waals surface area contributed by atoms with Gasteiger partial charge in [-0.3, -0.25) is 0 Å². The van der Waals surface area contributed by atoms with Crippen LogP contribution in [0.25, 0.3) is 0 Å². The van der Waals surface area contributed by atoms with Gasteiger partial charge in [0, 0.05) is 12.1 Å². The van der Waals surface area contributed by atoms with Crippen molar-refractivity contribution in [3.8, 4) is 0 Å². The summed E-state index contributed by atoms with van der Waals surface area (Å²) in [6.45, 7) is -0.342. The van der Waals surface area contributed by atoms with Gasteiger partial charge in [-0.15, -0.1) is 0 Å². The number of rotatable bonds is 2. The molecule has 6 heteroatoms. The minimum absolute atomic E-state index is 0.303. The van der Waals surface area contributed by atoms with Gasteiger partial charge in [0.1, 0.15) is 5.69 Å². The van der Waals surface area contributed by atoms with Crippen LogP contribution in [-0.4, -0.2) is 4.98 Å². The third-order valence-electron chi connectivity index (χ3n) is 1.46. The van der Waals surface area contributed by atoms with Crippen LogP contribution in [0.15, 0.2) is 6.07 Å². The Hall–Kier alpha value is -1.17. The largest absolute Gasteiger partial charge is 0.326 e. The molecule has 2 nitrogen and oxygen atoms in total. The standard InChI is InChI=1S/C7H6F4N2/c8-5-3(2-12)1-4(6(9)10)13-7(5)11/h1,6H,2,12H2. The fourth-order valence-corrected chi connectivity index (χ4v) is 0.829. The van der Waals surface area contributed by atoms with Gasteiger partial charge in [-0.25, -0.2) is 18.2 Å². The van der Waals surface area contributed by atoms with Crippen molar-refractivity contribution in [3.05, 3.63) is 29.1 Å². The zero-order valence-electron chi connectivity index (χ0n) is 6.40. The molecule has 0 atom stereocenters. The van der Waals surface area contributed by atoms with Crippen LogP contribution in [-0.2, 0) is 6.54 Å². The van der Waals surface area contributed by atoms with Crippen LogP contribution in [0, 0.1) is 11.8 Å². The molecule has 0 fully saturated rings.